The lowest BCUT2D eigenvalue weighted by Gasteiger charge is -2.14. The van der Waals surface area contributed by atoms with Gasteiger partial charge in [0.2, 0.25) is 9.84 Å². The lowest BCUT2D eigenvalue weighted by molar-refractivity contribution is 0.233. The molecule has 0 aromatic heterocycles. The zero-order chi connectivity index (χ0) is 18.1. The summed E-state index contributed by atoms with van der Waals surface area (Å²) in [5.74, 6) is -6.12. The molecule has 0 aliphatic rings. The van der Waals surface area contributed by atoms with Gasteiger partial charge < -0.3 is 9.84 Å². The molecule has 130 valence electrons. The van der Waals surface area contributed by atoms with Gasteiger partial charge >= 0.3 is 5.76 Å². The highest BCUT2D eigenvalue weighted by molar-refractivity contribution is 7.91. The Morgan fingerprint density at radius 1 is 1.12 bits per heavy atom. The Hall–Kier alpha value is -1.84. The summed E-state index contributed by atoms with van der Waals surface area (Å²) in [6.45, 7) is -0.963. The number of aliphatic hydroxyl groups is 1. The van der Waals surface area contributed by atoms with Gasteiger partial charge in [-0.1, -0.05) is 11.6 Å². The standard InChI is InChI=1S/C14H9ClF4O4S/c15-13-10(6-20)12(24(21,22)14(18)19)2-1-11(13)23-9-4-7(16)3-8(17)5-9/h1-5,14,20H,6H2. The molecule has 4 nitrogen and oxygen atoms in total. The Labute approximate surface area is 139 Å². The summed E-state index contributed by atoms with van der Waals surface area (Å²) in [4.78, 5) is -0.859. The second-order valence-electron chi connectivity index (χ2n) is 4.53. The second kappa shape index (κ2) is 6.96. The molecule has 10 heteroatoms. The molecule has 0 saturated carbocycles. The van der Waals surface area contributed by atoms with E-state index in [9.17, 15) is 31.1 Å². The fourth-order valence-corrected chi connectivity index (χ4v) is 3.16. The number of ether oxygens (including phenoxy) is 1. The number of sulfone groups is 1. The van der Waals surface area contributed by atoms with E-state index in [2.05, 4.69) is 0 Å². The van der Waals surface area contributed by atoms with E-state index < -0.39 is 49.3 Å². The van der Waals surface area contributed by atoms with Crippen molar-refractivity contribution in [1.82, 2.24) is 0 Å². The van der Waals surface area contributed by atoms with Gasteiger partial charge in [-0.15, -0.1) is 0 Å². The fraction of sp³-hybridized carbons (Fsp3) is 0.143. The molecule has 0 aliphatic carbocycles. The summed E-state index contributed by atoms with van der Waals surface area (Å²) < 4.78 is 79.8. The number of benzene rings is 2. The average molecular weight is 385 g/mol. The smallest absolute Gasteiger partial charge is 0.341 e. The number of aliphatic hydroxyl groups excluding tert-OH is 1. The van der Waals surface area contributed by atoms with E-state index in [-0.39, 0.29) is 11.5 Å². The molecule has 0 amide bonds. The van der Waals surface area contributed by atoms with Crippen LogP contribution in [-0.4, -0.2) is 19.3 Å². The van der Waals surface area contributed by atoms with Gasteiger partial charge in [0, 0.05) is 23.8 Å². The highest BCUT2D eigenvalue weighted by Crippen LogP contribution is 2.37. The second-order valence-corrected chi connectivity index (χ2v) is 6.79. The van der Waals surface area contributed by atoms with Gasteiger partial charge in [-0.25, -0.2) is 17.2 Å². The first-order valence-corrected chi connectivity index (χ1v) is 8.17. The van der Waals surface area contributed by atoms with Crippen molar-refractivity contribution in [3.05, 3.63) is 52.6 Å². The predicted octanol–water partition coefficient (Wildman–Crippen LogP) is 3.90. The van der Waals surface area contributed by atoms with Crippen molar-refractivity contribution in [2.75, 3.05) is 0 Å². The van der Waals surface area contributed by atoms with Gasteiger partial charge in [0.05, 0.1) is 16.5 Å². The van der Waals surface area contributed by atoms with E-state index in [0.29, 0.717) is 6.07 Å². The van der Waals surface area contributed by atoms with Crippen molar-refractivity contribution >= 4 is 21.4 Å². The maximum Gasteiger partial charge on any atom is 0.341 e. The number of hydrogen-bond donors (Lipinski definition) is 1. The quantitative estimate of drug-likeness (QED) is 0.794. The first-order valence-electron chi connectivity index (χ1n) is 6.25. The summed E-state index contributed by atoms with van der Waals surface area (Å²) >= 11 is 5.87. The molecule has 0 spiro atoms. The van der Waals surface area contributed by atoms with Crippen molar-refractivity contribution < 1.29 is 35.8 Å². The van der Waals surface area contributed by atoms with Gasteiger partial charge in [-0.05, 0) is 12.1 Å². The van der Waals surface area contributed by atoms with Crippen molar-refractivity contribution in [2.24, 2.45) is 0 Å². The van der Waals surface area contributed by atoms with Crippen molar-refractivity contribution in [3.8, 4) is 11.5 Å². The van der Waals surface area contributed by atoms with E-state index in [1.165, 1.54) is 0 Å². The fourth-order valence-electron chi connectivity index (χ4n) is 1.89. The molecule has 0 aliphatic heterocycles. The largest absolute Gasteiger partial charge is 0.456 e. The van der Waals surface area contributed by atoms with Crippen LogP contribution in [0, 0.1) is 11.6 Å². The molecule has 0 radical (unpaired) electrons. The number of hydrogen-bond acceptors (Lipinski definition) is 4. The molecule has 0 fully saturated rings. The van der Waals surface area contributed by atoms with Crippen LogP contribution < -0.4 is 4.74 Å². The SMILES string of the molecule is O=S(=O)(c1ccc(Oc2cc(F)cc(F)c2)c(Cl)c1CO)C(F)F. The highest BCUT2D eigenvalue weighted by Gasteiger charge is 2.31. The molecule has 2 aromatic carbocycles. The number of alkyl halides is 2. The Kier molecular flexibility index (Phi) is 5.36. The van der Waals surface area contributed by atoms with Crippen LogP contribution in [0.3, 0.4) is 0 Å². The van der Waals surface area contributed by atoms with Crippen LogP contribution in [0.5, 0.6) is 11.5 Å². The van der Waals surface area contributed by atoms with Crippen LogP contribution in [0.2, 0.25) is 5.02 Å². The van der Waals surface area contributed by atoms with E-state index in [1.807, 2.05) is 0 Å². The zero-order valence-corrected chi connectivity index (χ0v) is 13.2. The normalized spacial score (nSPS) is 11.8. The third-order valence-corrected chi connectivity index (χ3v) is 4.81. The molecule has 2 aromatic rings. The maximum atomic E-state index is 13.1. The van der Waals surface area contributed by atoms with Crippen molar-refractivity contribution in [2.45, 2.75) is 17.3 Å². The first-order chi connectivity index (χ1) is 11.2. The van der Waals surface area contributed by atoms with Crippen molar-refractivity contribution in [3.63, 3.8) is 0 Å². The molecule has 0 heterocycles. The Balaban J connectivity index is 2.51. The molecule has 0 saturated heterocycles. The van der Waals surface area contributed by atoms with Gasteiger partial charge in [0.1, 0.15) is 23.1 Å². The van der Waals surface area contributed by atoms with Crippen LogP contribution in [0.25, 0.3) is 0 Å². The van der Waals surface area contributed by atoms with E-state index in [1.54, 1.807) is 0 Å². The zero-order valence-electron chi connectivity index (χ0n) is 11.6. The van der Waals surface area contributed by atoms with Crippen LogP contribution in [0.1, 0.15) is 5.56 Å². The first kappa shape index (κ1) is 18.5. The molecule has 24 heavy (non-hydrogen) atoms. The average Bonchev–Trinajstić information content (AvgIpc) is 2.47. The predicted molar refractivity (Wildman–Crippen MR) is 77.0 cm³/mol. The molecular formula is C14H9ClF4O4S. The van der Waals surface area contributed by atoms with Gasteiger partial charge in [0.25, 0.3) is 0 Å². The Morgan fingerprint density at radius 3 is 2.21 bits per heavy atom. The summed E-state index contributed by atoms with van der Waals surface area (Å²) in [7, 11) is -5.00. The van der Waals surface area contributed by atoms with Crippen LogP contribution in [0.15, 0.2) is 35.2 Å². The minimum atomic E-state index is -5.00. The third-order valence-electron chi connectivity index (χ3n) is 2.93. The number of halogens is 5. The Morgan fingerprint density at radius 2 is 1.71 bits per heavy atom. The van der Waals surface area contributed by atoms with Gasteiger partial charge in [-0.3, -0.25) is 0 Å². The van der Waals surface area contributed by atoms with Crippen LogP contribution in [-0.2, 0) is 16.4 Å². The molecular weight excluding hydrogens is 376 g/mol. The van der Waals surface area contributed by atoms with Gasteiger partial charge in [0.15, 0.2) is 0 Å². The summed E-state index contributed by atoms with van der Waals surface area (Å²) in [5.41, 5.74) is -0.508. The molecule has 0 unspecified atom stereocenters. The van der Waals surface area contributed by atoms with E-state index >= 15 is 0 Å². The highest BCUT2D eigenvalue weighted by atomic mass is 35.5. The topological polar surface area (TPSA) is 63.6 Å². The monoisotopic (exact) mass is 384 g/mol. The van der Waals surface area contributed by atoms with E-state index in [4.69, 9.17) is 16.3 Å². The van der Waals surface area contributed by atoms with E-state index in [0.717, 1.165) is 24.3 Å². The van der Waals surface area contributed by atoms with Crippen LogP contribution >= 0.6 is 11.6 Å². The number of rotatable bonds is 5. The lowest BCUT2D eigenvalue weighted by Crippen LogP contribution is -2.14. The molecule has 0 bridgehead atoms. The summed E-state index contributed by atoms with van der Waals surface area (Å²) in [5, 5.41) is 8.79. The van der Waals surface area contributed by atoms with Crippen molar-refractivity contribution in [1.29, 1.82) is 0 Å². The summed E-state index contributed by atoms with van der Waals surface area (Å²) in [6, 6.07) is 3.99. The minimum Gasteiger partial charge on any atom is -0.456 e. The lowest BCUT2D eigenvalue weighted by atomic mass is 10.2. The van der Waals surface area contributed by atoms with Crippen LogP contribution in [0.4, 0.5) is 17.6 Å². The molecule has 2 rings (SSSR count). The maximum absolute atomic E-state index is 13.1. The molecule has 1 N–H and O–H groups in total. The Bertz CT molecular complexity index is 851. The molecule has 0 atom stereocenters. The summed E-state index contributed by atoms with van der Waals surface area (Å²) in [6.07, 6.45) is 0. The third kappa shape index (κ3) is 3.63. The van der Waals surface area contributed by atoms with Gasteiger partial charge in [-0.2, -0.15) is 8.78 Å². The minimum absolute atomic E-state index is 0.265.